The second-order valence-corrected chi connectivity index (χ2v) is 3.27. The number of rotatable bonds is 2. The van der Waals surface area contributed by atoms with Gasteiger partial charge in [0, 0.05) is 6.42 Å². The highest BCUT2D eigenvalue weighted by molar-refractivity contribution is 6.28. The van der Waals surface area contributed by atoms with Crippen LogP contribution >= 0.6 is 11.6 Å². The van der Waals surface area contributed by atoms with Crippen molar-refractivity contribution in [2.45, 2.75) is 12.5 Å². The highest BCUT2D eigenvalue weighted by Crippen LogP contribution is 2.26. The summed E-state index contributed by atoms with van der Waals surface area (Å²) < 4.78 is 0. The molecule has 0 aromatic heterocycles. The van der Waals surface area contributed by atoms with Crippen molar-refractivity contribution in [2.75, 3.05) is 5.88 Å². The molecule has 0 N–H and O–H groups in total. The summed E-state index contributed by atoms with van der Waals surface area (Å²) in [6.07, 6.45) is 0.878. The number of oxime groups is 1. The van der Waals surface area contributed by atoms with E-state index in [1.165, 1.54) is 0 Å². The van der Waals surface area contributed by atoms with Gasteiger partial charge in [0.25, 0.3) is 0 Å². The Morgan fingerprint density at radius 2 is 2.15 bits per heavy atom. The molecule has 1 aromatic carbocycles. The minimum Gasteiger partial charge on any atom is -0.387 e. The Hall–Kier alpha value is -1.02. The van der Waals surface area contributed by atoms with Crippen molar-refractivity contribution in [1.82, 2.24) is 0 Å². The first-order valence-electron chi connectivity index (χ1n) is 4.22. The van der Waals surface area contributed by atoms with Gasteiger partial charge in [-0.15, -0.1) is 11.6 Å². The monoisotopic (exact) mass is 195 g/mol. The lowest BCUT2D eigenvalue weighted by Crippen LogP contribution is -2.00. The van der Waals surface area contributed by atoms with Crippen molar-refractivity contribution in [3.05, 3.63) is 35.9 Å². The van der Waals surface area contributed by atoms with Gasteiger partial charge >= 0.3 is 0 Å². The van der Waals surface area contributed by atoms with Crippen LogP contribution < -0.4 is 0 Å². The molecule has 1 aliphatic heterocycles. The quantitative estimate of drug-likeness (QED) is 0.665. The van der Waals surface area contributed by atoms with Gasteiger partial charge in [0.1, 0.15) is 0 Å². The number of nitrogens with zero attached hydrogens (tertiary/aromatic N) is 1. The Labute approximate surface area is 82.2 Å². The van der Waals surface area contributed by atoms with Crippen LogP contribution in [0.4, 0.5) is 0 Å². The van der Waals surface area contributed by atoms with E-state index in [1.807, 2.05) is 30.3 Å². The minimum absolute atomic E-state index is 0.0648. The van der Waals surface area contributed by atoms with Gasteiger partial charge in [-0.25, -0.2) is 0 Å². The van der Waals surface area contributed by atoms with Gasteiger partial charge in [-0.3, -0.25) is 0 Å². The van der Waals surface area contributed by atoms with Gasteiger partial charge < -0.3 is 4.84 Å². The van der Waals surface area contributed by atoms with E-state index in [9.17, 15) is 0 Å². The Kier molecular flexibility index (Phi) is 2.50. The molecule has 13 heavy (non-hydrogen) atoms. The smallest absolute Gasteiger partial charge is 0.157 e. The van der Waals surface area contributed by atoms with Crippen LogP contribution in [0.15, 0.2) is 35.5 Å². The number of halogens is 1. The number of alkyl halides is 1. The Bertz CT molecular complexity index is 310. The van der Waals surface area contributed by atoms with Crippen LogP contribution in [-0.4, -0.2) is 11.6 Å². The lowest BCUT2D eigenvalue weighted by Gasteiger charge is -2.06. The second kappa shape index (κ2) is 3.79. The Morgan fingerprint density at radius 3 is 2.77 bits per heavy atom. The molecule has 1 atom stereocenters. The summed E-state index contributed by atoms with van der Waals surface area (Å²) in [6, 6.07) is 10.1. The van der Waals surface area contributed by atoms with Gasteiger partial charge in [-0.2, -0.15) is 0 Å². The third-order valence-corrected chi connectivity index (χ3v) is 2.36. The molecule has 0 fully saturated rings. The van der Waals surface area contributed by atoms with Gasteiger partial charge in [-0.05, 0) is 5.56 Å². The molecule has 0 spiro atoms. The highest BCUT2D eigenvalue weighted by atomic mass is 35.5. The fraction of sp³-hybridized carbons (Fsp3) is 0.300. The number of hydrogen-bond acceptors (Lipinski definition) is 2. The van der Waals surface area contributed by atoms with E-state index in [2.05, 4.69) is 5.16 Å². The zero-order valence-corrected chi connectivity index (χ0v) is 7.87. The van der Waals surface area contributed by atoms with Crippen LogP contribution in [-0.2, 0) is 4.84 Å². The molecule has 1 unspecified atom stereocenters. The van der Waals surface area contributed by atoms with Crippen molar-refractivity contribution in [1.29, 1.82) is 0 Å². The molecule has 1 aliphatic rings. The van der Waals surface area contributed by atoms with E-state index >= 15 is 0 Å². The van der Waals surface area contributed by atoms with Crippen LogP contribution in [0.2, 0.25) is 0 Å². The average Bonchev–Trinajstić information content (AvgIpc) is 2.67. The molecule has 1 aromatic rings. The molecule has 0 bridgehead atoms. The summed E-state index contributed by atoms with van der Waals surface area (Å²) in [6.45, 7) is 0. The maximum atomic E-state index is 5.65. The maximum Gasteiger partial charge on any atom is 0.157 e. The van der Waals surface area contributed by atoms with Crippen LogP contribution in [0.1, 0.15) is 18.1 Å². The van der Waals surface area contributed by atoms with E-state index in [-0.39, 0.29) is 6.10 Å². The van der Waals surface area contributed by atoms with Crippen molar-refractivity contribution in [3.63, 3.8) is 0 Å². The molecule has 0 saturated carbocycles. The largest absolute Gasteiger partial charge is 0.387 e. The lowest BCUT2D eigenvalue weighted by atomic mass is 10.1. The SMILES string of the molecule is ClCC1=NOC(c2ccccc2)C1. The van der Waals surface area contributed by atoms with Crippen LogP contribution in [0, 0.1) is 0 Å². The van der Waals surface area contributed by atoms with Crippen molar-refractivity contribution < 1.29 is 4.84 Å². The summed E-state index contributed by atoms with van der Waals surface area (Å²) in [5.41, 5.74) is 2.09. The van der Waals surface area contributed by atoms with Gasteiger partial charge in [-0.1, -0.05) is 35.5 Å². The Morgan fingerprint density at radius 1 is 1.38 bits per heavy atom. The van der Waals surface area contributed by atoms with Crippen LogP contribution in [0.3, 0.4) is 0 Å². The third kappa shape index (κ3) is 1.83. The van der Waals surface area contributed by atoms with Crippen molar-refractivity contribution in [3.8, 4) is 0 Å². The normalized spacial score (nSPS) is 21.0. The maximum absolute atomic E-state index is 5.65. The first-order valence-corrected chi connectivity index (χ1v) is 4.76. The van der Waals surface area contributed by atoms with E-state index in [0.29, 0.717) is 5.88 Å². The molecule has 2 nitrogen and oxygen atoms in total. The molecule has 0 radical (unpaired) electrons. The predicted octanol–water partition coefficient (Wildman–Crippen LogP) is 2.74. The summed E-state index contributed by atoms with van der Waals surface area (Å²) in [4.78, 5) is 5.25. The predicted molar refractivity (Wildman–Crippen MR) is 53.0 cm³/mol. The van der Waals surface area contributed by atoms with Crippen LogP contribution in [0.25, 0.3) is 0 Å². The average molecular weight is 196 g/mol. The highest BCUT2D eigenvalue weighted by Gasteiger charge is 2.21. The summed E-state index contributed by atoms with van der Waals surface area (Å²) in [5, 5.41) is 3.90. The molecule has 2 rings (SSSR count). The lowest BCUT2D eigenvalue weighted by molar-refractivity contribution is 0.0857. The Balaban J connectivity index is 2.07. The molecule has 1 heterocycles. The first kappa shape index (κ1) is 8.57. The summed E-state index contributed by atoms with van der Waals surface area (Å²) in [5.74, 6) is 0.462. The zero-order valence-electron chi connectivity index (χ0n) is 7.11. The zero-order chi connectivity index (χ0) is 9.10. The van der Waals surface area contributed by atoms with E-state index < -0.39 is 0 Å². The first-order chi connectivity index (χ1) is 6.40. The number of hydrogen-bond donors (Lipinski definition) is 0. The van der Waals surface area contributed by atoms with Gasteiger partial charge in [0.2, 0.25) is 0 Å². The standard InChI is InChI=1S/C10H10ClNO/c11-7-9-6-10(13-12-9)8-4-2-1-3-5-8/h1-5,10H,6-7H2. The van der Waals surface area contributed by atoms with E-state index in [0.717, 1.165) is 17.7 Å². The molecular formula is C10H10ClNO. The molecule has 0 saturated heterocycles. The summed E-state index contributed by atoms with van der Waals surface area (Å²) >= 11 is 5.65. The fourth-order valence-electron chi connectivity index (χ4n) is 1.35. The molecule has 3 heteroatoms. The van der Waals surface area contributed by atoms with E-state index in [4.69, 9.17) is 16.4 Å². The molecule has 0 amide bonds. The van der Waals surface area contributed by atoms with E-state index in [1.54, 1.807) is 0 Å². The van der Waals surface area contributed by atoms with Crippen molar-refractivity contribution >= 4 is 17.3 Å². The second-order valence-electron chi connectivity index (χ2n) is 3.00. The number of benzene rings is 1. The van der Waals surface area contributed by atoms with Gasteiger partial charge in [0.15, 0.2) is 6.10 Å². The molecule has 0 aliphatic carbocycles. The third-order valence-electron chi connectivity index (χ3n) is 2.06. The molecular weight excluding hydrogens is 186 g/mol. The van der Waals surface area contributed by atoms with Crippen LogP contribution in [0.5, 0.6) is 0 Å². The minimum atomic E-state index is 0.0648. The van der Waals surface area contributed by atoms with Crippen molar-refractivity contribution in [2.24, 2.45) is 5.16 Å². The fourth-order valence-corrected chi connectivity index (χ4v) is 1.51. The topological polar surface area (TPSA) is 21.6 Å². The summed E-state index contributed by atoms with van der Waals surface area (Å²) in [7, 11) is 0. The van der Waals surface area contributed by atoms with Gasteiger partial charge in [0.05, 0.1) is 11.6 Å². The molecule has 68 valence electrons.